The third-order valence-electron chi connectivity index (χ3n) is 11.8. The molecule has 0 heterocycles. The Kier molecular flexibility index (Phi) is 17.2. The number of ether oxygens (including phenoxy) is 1. The molecule has 10 aromatic carbocycles. The van der Waals surface area contributed by atoms with Gasteiger partial charge in [-0.25, -0.2) is 43.7 Å². The van der Waals surface area contributed by atoms with Gasteiger partial charge in [0.15, 0.2) is 0 Å². The molecule has 0 amide bonds. The Hall–Kier alpha value is -6.54. The van der Waals surface area contributed by atoms with Crippen molar-refractivity contribution in [3.8, 4) is 11.5 Å². The zero-order valence-electron chi connectivity index (χ0n) is 38.9. The first-order chi connectivity index (χ1) is 37.6. The van der Waals surface area contributed by atoms with E-state index in [0.29, 0.717) is 36.3 Å². The molecule has 0 aliphatic rings. The Morgan fingerprint density at radius 2 is 0.912 bits per heavy atom. The summed E-state index contributed by atoms with van der Waals surface area (Å²) in [5.41, 5.74) is 0.960. The van der Waals surface area contributed by atoms with Crippen molar-refractivity contribution in [1.82, 2.24) is 0 Å². The van der Waals surface area contributed by atoms with E-state index in [4.69, 9.17) is 21.6 Å². The van der Waals surface area contributed by atoms with Crippen molar-refractivity contribution in [2.75, 3.05) is 0 Å². The standard InChI is InChI=1S/C23H15BO13S3.C16H10O10S3.C7H4BClO2/c25-23(11-1-3-12(4-2-11)24(26)27)35-17-9-19(39(29,30)31)15-7-8-16-20(40(32,33)34)10-18(38-37-36-28)14-6-5-13(17)21(15)22(14)16;17-11-5-13(28(19,20)21)9-3-4-10-14(29(22,23)24)6-12(27-26-25-18)8-2-1-7(11)15(9)16(8)10;9-7(10)5-1-3-6(8-11)4-2-5/h1-10,26-28H,(H,29,30,31)(H,32,33,34);1-6,17-18H,(H,19,20,21)(H,22,23,24);1-4H/p-6. The third-order valence-corrected chi connectivity index (χ3v) is 16.8. The van der Waals surface area contributed by atoms with Gasteiger partial charge in [0, 0.05) is 42.1 Å². The Balaban J connectivity index is 0.000000182. The van der Waals surface area contributed by atoms with Crippen molar-refractivity contribution in [3.05, 3.63) is 132 Å². The van der Waals surface area contributed by atoms with Crippen molar-refractivity contribution in [2.24, 2.45) is 0 Å². The Morgan fingerprint density at radius 3 is 1.34 bits per heavy atom. The molecule has 0 saturated heterocycles. The van der Waals surface area contributed by atoms with Crippen LogP contribution in [0.15, 0.2) is 151 Å². The summed E-state index contributed by atoms with van der Waals surface area (Å²) < 4.78 is 168. The second-order valence-electron chi connectivity index (χ2n) is 16.3. The fourth-order valence-corrected chi connectivity index (χ4v) is 12.6. The molecule has 25 nitrogen and oxygen atoms in total. The maximum Gasteiger partial charge on any atom is 0.488 e. The van der Waals surface area contributed by atoms with Gasteiger partial charge in [-0.15, -0.1) is 4.33 Å². The molecule has 0 aromatic heterocycles. The summed E-state index contributed by atoms with van der Waals surface area (Å²) in [4.78, 5) is 20.5. The zero-order chi connectivity index (χ0) is 58.4. The van der Waals surface area contributed by atoms with E-state index in [0.717, 1.165) is 30.3 Å². The summed E-state index contributed by atoms with van der Waals surface area (Å²) in [6.07, 6.45) is 0. The summed E-state index contributed by atoms with van der Waals surface area (Å²) in [5, 5.41) is 56.3. The van der Waals surface area contributed by atoms with Crippen LogP contribution in [0.25, 0.3) is 64.6 Å². The monoisotopic (exact) mass is 1220 g/mol. The summed E-state index contributed by atoms with van der Waals surface area (Å²) in [6.45, 7) is 0. The first kappa shape index (κ1) is 59.6. The zero-order valence-corrected chi connectivity index (χ0v) is 44.5. The van der Waals surface area contributed by atoms with Crippen molar-refractivity contribution < 1.29 is 115 Å². The Bertz CT molecular complexity index is 4590. The molecule has 34 heteroatoms. The maximum absolute atomic E-state index is 12.9. The van der Waals surface area contributed by atoms with Gasteiger partial charge in [-0.05, 0) is 74.2 Å². The first-order valence-corrected chi connectivity index (χ1v) is 28.9. The van der Waals surface area contributed by atoms with Crippen LogP contribution in [0, 0.1) is 0 Å². The van der Waals surface area contributed by atoms with Crippen LogP contribution < -0.4 is 26.0 Å². The predicted molar refractivity (Wildman–Crippen MR) is 274 cm³/mol. The summed E-state index contributed by atoms with van der Waals surface area (Å²) in [7, 11) is -21.4. The van der Waals surface area contributed by atoms with Crippen LogP contribution in [0.3, 0.4) is 0 Å². The van der Waals surface area contributed by atoms with Crippen molar-refractivity contribution >= 4 is 177 Å². The molecule has 10 aromatic rings. The van der Waals surface area contributed by atoms with Gasteiger partial charge < -0.3 is 43.4 Å². The SMILES string of the molecule is O=Bc1ccc(C(=O)Cl)cc1.O=C(Oc1cc(S(=O)(=O)[O-])c2ccc3c(S(=O)(=O)[O-])cc(SOO[O-])c4ccc1c2c43)c1ccc(B(O)O)cc1.O=S(=O)([O-])c1cc([O-])c2ccc3c(SOOO)cc(S(=O)(=O)[O-])c4ccc1c2c34. The van der Waals surface area contributed by atoms with Gasteiger partial charge in [0.2, 0.25) is 0 Å². The van der Waals surface area contributed by atoms with E-state index in [1.165, 1.54) is 72.8 Å². The minimum Gasteiger partial charge on any atom is -0.872 e. The molecule has 412 valence electrons. The molecule has 10 rings (SSSR count). The Morgan fingerprint density at radius 1 is 0.525 bits per heavy atom. The second kappa shape index (κ2) is 23.1. The molecule has 0 aliphatic heterocycles. The quantitative estimate of drug-likeness (QED) is 0.0153. The number of hydrogen-bond acceptors (Lipinski definition) is 27. The van der Waals surface area contributed by atoms with Gasteiger partial charge in [-0.3, -0.25) is 5.04 Å². The number of esters is 1. The molecule has 0 fully saturated rings. The number of hydrogen-bond donors (Lipinski definition) is 3. The molecule has 0 aliphatic carbocycles. The van der Waals surface area contributed by atoms with E-state index >= 15 is 0 Å². The van der Waals surface area contributed by atoms with E-state index in [1.54, 1.807) is 12.1 Å². The van der Waals surface area contributed by atoms with Crippen molar-refractivity contribution in [1.29, 1.82) is 0 Å². The van der Waals surface area contributed by atoms with E-state index in [1.807, 2.05) is 0 Å². The van der Waals surface area contributed by atoms with E-state index in [9.17, 15) is 86.6 Å². The van der Waals surface area contributed by atoms with Crippen molar-refractivity contribution in [3.63, 3.8) is 0 Å². The third kappa shape index (κ3) is 12.1. The maximum atomic E-state index is 12.9. The molecule has 0 atom stereocenters. The number of halogens is 1. The van der Waals surface area contributed by atoms with Crippen LogP contribution in [-0.4, -0.2) is 92.7 Å². The Labute approximate surface area is 463 Å². The minimum absolute atomic E-state index is 0.00742. The fourth-order valence-electron chi connectivity index (χ4n) is 8.53. The molecule has 0 unspecified atom stereocenters. The number of carbonyl (C=O) groups excluding carboxylic acids is 2. The first-order valence-electron chi connectivity index (χ1n) is 21.4. The predicted octanol–water partition coefficient (Wildman–Crippen LogP) is 3.16. The normalized spacial score (nSPS) is 12.2. The molecular weight excluding hydrogens is 1200 g/mol. The summed E-state index contributed by atoms with van der Waals surface area (Å²) >= 11 is 5.84. The fraction of sp³-hybridized carbons (Fsp3) is 0. The van der Waals surface area contributed by atoms with E-state index in [-0.39, 0.29) is 103 Å². The molecule has 0 spiro atoms. The largest absolute Gasteiger partial charge is 0.872 e. The number of carbonyl (C=O) groups is 2. The van der Waals surface area contributed by atoms with E-state index in [2.05, 4.69) is 18.7 Å². The van der Waals surface area contributed by atoms with Crippen LogP contribution in [-0.2, 0) is 63.9 Å². The van der Waals surface area contributed by atoms with Gasteiger partial charge in [0.1, 0.15) is 46.2 Å². The van der Waals surface area contributed by atoms with Crippen LogP contribution in [0.1, 0.15) is 20.7 Å². The molecular formula is C46H23B2ClO25S6-6. The van der Waals surface area contributed by atoms with Crippen LogP contribution in [0.2, 0.25) is 0 Å². The summed E-state index contributed by atoms with van der Waals surface area (Å²) in [6, 6.07) is 24.8. The topological polar surface area (TPSA) is 433 Å². The van der Waals surface area contributed by atoms with Gasteiger partial charge >= 0.3 is 81.9 Å². The molecule has 0 bridgehead atoms. The molecule has 0 radical (unpaired) electrons. The van der Waals surface area contributed by atoms with Gasteiger partial charge in [0.25, 0.3) is 0 Å². The second-order valence-corrected chi connectivity index (χ2v) is 23.5. The van der Waals surface area contributed by atoms with Crippen LogP contribution in [0.4, 0.5) is 0 Å². The number of rotatable bonds is 15. The van der Waals surface area contributed by atoms with Crippen LogP contribution >= 0.6 is 35.7 Å². The molecule has 0 saturated carbocycles. The minimum atomic E-state index is -5.20. The van der Waals surface area contributed by atoms with E-state index < -0.39 is 84.1 Å². The van der Waals surface area contributed by atoms with Crippen LogP contribution in [0.5, 0.6) is 11.5 Å². The van der Waals surface area contributed by atoms with Gasteiger partial charge in [0.05, 0.1) is 49.2 Å². The average Bonchev–Trinajstić information content (AvgIpc) is 3.54. The smallest absolute Gasteiger partial charge is 0.488 e. The van der Waals surface area contributed by atoms with Crippen molar-refractivity contribution in [2.45, 2.75) is 29.4 Å². The van der Waals surface area contributed by atoms with Gasteiger partial charge in [-0.2, -0.15) is 4.33 Å². The van der Waals surface area contributed by atoms with Gasteiger partial charge in [-0.1, -0.05) is 71.5 Å². The summed E-state index contributed by atoms with van der Waals surface area (Å²) in [5.74, 6) is -2.14. The average molecular weight is 1230 g/mol. The number of benzene rings is 10. The molecule has 80 heavy (non-hydrogen) atoms. The molecule has 3 N–H and O–H groups in total.